The third-order valence-electron chi connectivity index (χ3n) is 4.24. The maximum Gasteiger partial charge on any atom is 0.184 e. The molecule has 1 fully saturated rings. The molecule has 1 aliphatic heterocycles. The quantitative estimate of drug-likeness (QED) is 0.692. The van der Waals surface area contributed by atoms with E-state index in [4.69, 9.17) is 19.3 Å². The van der Waals surface area contributed by atoms with Crippen LogP contribution >= 0.6 is 0 Å². The maximum atomic E-state index is 12.8. The summed E-state index contributed by atoms with van der Waals surface area (Å²) in [5.74, 6) is 1.45. The number of ether oxygens (including phenoxy) is 3. The van der Waals surface area contributed by atoms with Crippen molar-refractivity contribution in [2.75, 3.05) is 67.2 Å². The number of aliphatic hydroxyl groups excluding tert-OH is 1. The Labute approximate surface area is 142 Å². The number of benzene rings is 1. The molecule has 1 aromatic rings. The average Bonchev–Trinajstić information content (AvgIpc) is 2.62. The lowest BCUT2D eigenvalue weighted by Gasteiger charge is -2.34. The van der Waals surface area contributed by atoms with Gasteiger partial charge in [-0.15, -0.1) is 0 Å². The van der Waals surface area contributed by atoms with E-state index in [0.717, 1.165) is 26.2 Å². The van der Waals surface area contributed by atoms with E-state index >= 15 is 0 Å². The number of carbonyl (C=O) groups excluding carboxylic acids is 1. The van der Waals surface area contributed by atoms with Crippen LogP contribution < -0.4 is 14.2 Å². The first-order valence-electron chi connectivity index (χ1n) is 8.01. The summed E-state index contributed by atoms with van der Waals surface area (Å²) in [6.45, 7) is 4.46. The van der Waals surface area contributed by atoms with Gasteiger partial charge in [-0.25, -0.2) is 0 Å². The molecule has 134 valence electrons. The van der Waals surface area contributed by atoms with Crippen LogP contribution in [0.15, 0.2) is 12.1 Å². The van der Waals surface area contributed by atoms with E-state index < -0.39 is 0 Å². The molecule has 7 nitrogen and oxygen atoms in total. The molecule has 24 heavy (non-hydrogen) atoms. The number of ketones is 1. The Hall–Kier alpha value is -1.83. The number of β-amino-alcohol motifs (C(OH)–C–C–N with tert-alkyl or cyclic N) is 1. The summed E-state index contributed by atoms with van der Waals surface area (Å²) >= 11 is 0. The normalized spacial score (nSPS) is 16.0. The molecule has 0 saturated carbocycles. The van der Waals surface area contributed by atoms with Crippen molar-refractivity contribution in [3.63, 3.8) is 0 Å². The van der Waals surface area contributed by atoms with Crippen molar-refractivity contribution in [2.45, 2.75) is 0 Å². The largest absolute Gasteiger partial charge is 0.496 e. The van der Waals surface area contributed by atoms with Crippen molar-refractivity contribution in [2.24, 2.45) is 0 Å². The third kappa shape index (κ3) is 4.37. The Kier molecular flexibility index (Phi) is 6.84. The molecule has 0 amide bonds. The van der Waals surface area contributed by atoms with Gasteiger partial charge in [-0.05, 0) is 0 Å². The molecular weight excluding hydrogens is 312 g/mol. The number of piperazine rings is 1. The fraction of sp³-hybridized carbons (Fsp3) is 0.588. The van der Waals surface area contributed by atoms with Crippen molar-refractivity contribution < 1.29 is 24.1 Å². The number of rotatable bonds is 8. The molecule has 0 aromatic heterocycles. The third-order valence-corrected chi connectivity index (χ3v) is 4.24. The van der Waals surface area contributed by atoms with Crippen LogP contribution in [-0.2, 0) is 0 Å². The zero-order valence-corrected chi connectivity index (χ0v) is 14.6. The van der Waals surface area contributed by atoms with Crippen LogP contribution in [0.5, 0.6) is 17.2 Å². The number of aliphatic hydroxyl groups is 1. The Balaban J connectivity index is 2.09. The Morgan fingerprint density at radius 3 is 2.00 bits per heavy atom. The molecule has 1 heterocycles. The van der Waals surface area contributed by atoms with Crippen molar-refractivity contribution in [1.29, 1.82) is 0 Å². The lowest BCUT2D eigenvalue weighted by molar-refractivity contribution is 0.0817. The molecule has 2 rings (SSSR count). The summed E-state index contributed by atoms with van der Waals surface area (Å²) in [7, 11) is 4.61. The predicted molar refractivity (Wildman–Crippen MR) is 90.4 cm³/mol. The van der Waals surface area contributed by atoms with Crippen LogP contribution in [0.4, 0.5) is 0 Å². The SMILES string of the molecule is COc1cc(OC)c(C(=O)CN2CCN(CCO)CC2)c(OC)c1. The summed E-state index contributed by atoms with van der Waals surface area (Å²) in [6.07, 6.45) is 0. The monoisotopic (exact) mass is 338 g/mol. The molecule has 0 bridgehead atoms. The number of methoxy groups -OCH3 is 3. The Morgan fingerprint density at radius 2 is 1.54 bits per heavy atom. The van der Waals surface area contributed by atoms with Crippen LogP contribution in [-0.4, -0.2) is 87.9 Å². The molecule has 1 aromatic carbocycles. The van der Waals surface area contributed by atoms with Gasteiger partial charge in [-0.1, -0.05) is 0 Å². The molecule has 1 N–H and O–H groups in total. The minimum atomic E-state index is -0.0399. The minimum Gasteiger partial charge on any atom is -0.496 e. The van der Waals surface area contributed by atoms with Crippen molar-refractivity contribution in [3.05, 3.63) is 17.7 Å². The van der Waals surface area contributed by atoms with Gasteiger partial charge < -0.3 is 19.3 Å². The second kappa shape index (κ2) is 8.86. The number of hydrogen-bond acceptors (Lipinski definition) is 7. The van der Waals surface area contributed by atoms with E-state index in [1.54, 1.807) is 19.2 Å². The lowest BCUT2D eigenvalue weighted by Crippen LogP contribution is -2.48. The first-order valence-corrected chi connectivity index (χ1v) is 8.01. The van der Waals surface area contributed by atoms with E-state index in [9.17, 15) is 4.79 Å². The molecular formula is C17H26N2O5. The molecule has 0 radical (unpaired) electrons. The number of Topliss-reactive ketones (excluding diaryl/α,β-unsaturated/α-hetero) is 1. The Morgan fingerprint density at radius 1 is 1.00 bits per heavy atom. The number of nitrogens with zero attached hydrogens (tertiary/aromatic N) is 2. The molecule has 0 spiro atoms. The number of hydrogen-bond donors (Lipinski definition) is 1. The van der Waals surface area contributed by atoms with Gasteiger partial charge in [0.25, 0.3) is 0 Å². The van der Waals surface area contributed by atoms with E-state index in [2.05, 4.69) is 9.80 Å². The molecule has 0 aliphatic carbocycles. The van der Waals surface area contributed by atoms with Gasteiger partial charge in [-0.3, -0.25) is 14.6 Å². The molecule has 0 unspecified atom stereocenters. The summed E-state index contributed by atoms with van der Waals surface area (Å²) in [5, 5.41) is 8.99. The second-order valence-corrected chi connectivity index (χ2v) is 5.67. The first kappa shape index (κ1) is 18.5. The van der Waals surface area contributed by atoms with Crippen molar-refractivity contribution >= 4 is 5.78 Å². The number of carbonyl (C=O) groups is 1. The van der Waals surface area contributed by atoms with Gasteiger partial charge in [0.15, 0.2) is 5.78 Å². The topological polar surface area (TPSA) is 71.5 Å². The summed E-state index contributed by atoms with van der Waals surface area (Å²) in [5.41, 5.74) is 0.443. The highest BCUT2D eigenvalue weighted by molar-refractivity contribution is 6.03. The van der Waals surface area contributed by atoms with E-state index in [1.807, 2.05) is 0 Å². The van der Waals surface area contributed by atoms with E-state index in [-0.39, 0.29) is 12.4 Å². The van der Waals surface area contributed by atoms with Crippen molar-refractivity contribution in [3.8, 4) is 17.2 Å². The highest BCUT2D eigenvalue weighted by Gasteiger charge is 2.24. The smallest absolute Gasteiger partial charge is 0.184 e. The first-order chi connectivity index (χ1) is 11.6. The Bertz CT molecular complexity index is 531. The maximum absolute atomic E-state index is 12.8. The van der Waals surface area contributed by atoms with Gasteiger partial charge in [-0.2, -0.15) is 0 Å². The standard InChI is InChI=1S/C17H26N2O5/c1-22-13-10-15(23-2)17(16(11-13)24-3)14(21)12-19-6-4-18(5-7-19)8-9-20/h10-11,20H,4-9,12H2,1-3H3. The average molecular weight is 338 g/mol. The van der Waals surface area contributed by atoms with Crippen LogP contribution in [0.2, 0.25) is 0 Å². The van der Waals surface area contributed by atoms with Gasteiger partial charge in [0.1, 0.15) is 22.8 Å². The van der Waals surface area contributed by atoms with Crippen LogP contribution in [0.1, 0.15) is 10.4 Å². The van der Waals surface area contributed by atoms with Gasteiger partial charge in [0, 0.05) is 44.9 Å². The lowest BCUT2D eigenvalue weighted by atomic mass is 10.1. The fourth-order valence-electron chi connectivity index (χ4n) is 2.88. The molecule has 0 atom stereocenters. The zero-order chi connectivity index (χ0) is 17.5. The molecule has 1 saturated heterocycles. The van der Waals surface area contributed by atoms with Crippen LogP contribution in [0, 0.1) is 0 Å². The highest BCUT2D eigenvalue weighted by Crippen LogP contribution is 2.34. The van der Waals surface area contributed by atoms with E-state index in [0.29, 0.717) is 35.9 Å². The van der Waals surface area contributed by atoms with Gasteiger partial charge in [0.05, 0.1) is 34.5 Å². The van der Waals surface area contributed by atoms with E-state index in [1.165, 1.54) is 14.2 Å². The molecule has 1 aliphatic rings. The van der Waals surface area contributed by atoms with Gasteiger partial charge in [0.2, 0.25) is 0 Å². The fourth-order valence-corrected chi connectivity index (χ4v) is 2.88. The van der Waals surface area contributed by atoms with Crippen LogP contribution in [0.25, 0.3) is 0 Å². The summed E-state index contributed by atoms with van der Waals surface area (Å²) < 4.78 is 15.9. The second-order valence-electron chi connectivity index (χ2n) is 5.67. The van der Waals surface area contributed by atoms with Gasteiger partial charge >= 0.3 is 0 Å². The predicted octanol–water partition coefficient (Wildman–Crippen LogP) is 0.505. The molecule has 7 heteroatoms. The zero-order valence-electron chi connectivity index (χ0n) is 14.6. The van der Waals surface area contributed by atoms with Crippen LogP contribution in [0.3, 0.4) is 0 Å². The summed E-state index contributed by atoms with van der Waals surface area (Å²) in [4.78, 5) is 17.1. The minimum absolute atomic E-state index is 0.0399. The van der Waals surface area contributed by atoms with Crippen molar-refractivity contribution in [1.82, 2.24) is 9.80 Å². The summed E-state index contributed by atoms with van der Waals surface area (Å²) in [6, 6.07) is 3.38. The highest BCUT2D eigenvalue weighted by atomic mass is 16.5.